The Kier molecular flexibility index (Phi) is 6.26. The Balaban J connectivity index is 1.60. The van der Waals surface area contributed by atoms with Crippen molar-refractivity contribution in [2.24, 2.45) is 0 Å². The minimum atomic E-state index is -0.173. The standard InChI is InChI=1S/C20H18N2O3S2/c1-25-16-9-7-14(8-10-16)13-17-19(24)22(20(26)27-17)12-11-18(23)21-15-5-3-2-4-6-15/h2-10,13H,11-12H2,1H3,(H,21,23)/b17-13-. The van der Waals surface area contributed by atoms with Gasteiger partial charge in [0.1, 0.15) is 10.1 Å². The number of nitrogens with one attached hydrogen (secondary N) is 1. The van der Waals surface area contributed by atoms with Gasteiger partial charge in [-0.1, -0.05) is 54.3 Å². The van der Waals surface area contributed by atoms with E-state index >= 15 is 0 Å². The molecule has 0 bridgehead atoms. The van der Waals surface area contributed by atoms with Crippen molar-refractivity contribution >= 4 is 51.9 Å². The van der Waals surface area contributed by atoms with Crippen molar-refractivity contribution in [2.45, 2.75) is 6.42 Å². The maximum atomic E-state index is 12.6. The second-order valence-electron chi connectivity index (χ2n) is 5.77. The number of anilines is 1. The van der Waals surface area contributed by atoms with Crippen LogP contribution in [0.5, 0.6) is 5.75 Å². The molecule has 0 atom stereocenters. The van der Waals surface area contributed by atoms with Crippen LogP contribution in [-0.2, 0) is 9.59 Å². The average molecular weight is 399 g/mol. The third-order valence-electron chi connectivity index (χ3n) is 3.91. The van der Waals surface area contributed by atoms with Gasteiger partial charge in [0.25, 0.3) is 5.91 Å². The summed E-state index contributed by atoms with van der Waals surface area (Å²) in [6, 6.07) is 16.6. The van der Waals surface area contributed by atoms with Crippen molar-refractivity contribution in [3.63, 3.8) is 0 Å². The molecule has 0 aliphatic carbocycles. The number of amides is 2. The molecule has 2 amide bonds. The molecular weight excluding hydrogens is 380 g/mol. The lowest BCUT2D eigenvalue weighted by molar-refractivity contribution is -0.122. The Bertz CT molecular complexity index is 880. The average Bonchev–Trinajstić information content (AvgIpc) is 2.94. The second kappa shape index (κ2) is 8.83. The number of rotatable bonds is 6. The molecule has 1 fully saturated rings. The zero-order valence-electron chi connectivity index (χ0n) is 14.7. The molecule has 0 unspecified atom stereocenters. The van der Waals surface area contributed by atoms with E-state index in [1.54, 1.807) is 13.2 Å². The Hall–Kier alpha value is -2.64. The minimum Gasteiger partial charge on any atom is -0.497 e. The van der Waals surface area contributed by atoms with Crippen LogP contribution in [0, 0.1) is 0 Å². The van der Waals surface area contributed by atoms with Crippen LogP contribution >= 0.6 is 24.0 Å². The number of thiocarbonyl (C=S) groups is 1. The fraction of sp³-hybridized carbons (Fsp3) is 0.150. The molecule has 1 saturated heterocycles. The van der Waals surface area contributed by atoms with Crippen molar-refractivity contribution in [1.82, 2.24) is 4.90 Å². The van der Waals surface area contributed by atoms with Gasteiger partial charge in [-0.15, -0.1) is 0 Å². The predicted octanol–water partition coefficient (Wildman–Crippen LogP) is 3.93. The lowest BCUT2D eigenvalue weighted by Crippen LogP contribution is -2.31. The smallest absolute Gasteiger partial charge is 0.266 e. The zero-order valence-corrected chi connectivity index (χ0v) is 16.3. The Morgan fingerprint density at radius 2 is 1.89 bits per heavy atom. The molecule has 0 spiro atoms. The molecule has 7 heteroatoms. The summed E-state index contributed by atoms with van der Waals surface area (Å²) in [6.45, 7) is 0.253. The molecule has 138 valence electrons. The van der Waals surface area contributed by atoms with Gasteiger partial charge in [-0.2, -0.15) is 0 Å². The van der Waals surface area contributed by atoms with Crippen LogP contribution < -0.4 is 10.1 Å². The van der Waals surface area contributed by atoms with E-state index < -0.39 is 0 Å². The first-order valence-corrected chi connectivity index (χ1v) is 9.53. The molecular formula is C20H18N2O3S2. The summed E-state index contributed by atoms with van der Waals surface area (Å²) in [4.78, 5) is 26.7. The molecule has 0 aromatic heterocycles. The van der Waals surface area contributed by atoms with Gasteiger partial charge in [0.2, 0.25) is 5.91 Å². The number of carbonyl (C=O) groups is 2. The lowest BCUT2D eigenvalue weighted by Gasteiger charge is -2.14. The first kappa shape index (κ1) is 19.1. The number of nitrogens with zero attached hydrogens (tertiary/aromatic N) is 1. The van der Waals surface area contributed by atoms with Crippen LogP contribution in [-0.4, -0.2) is 34.7 Å². The van der Waals surface area contributed by atoms with Crippen molar-refractivity contribution in [3.8, 4) is 5.75 Å². The number of ether oxygens (including phenoxy) is 1. The maximum absolute atomic E-state index is 12.6. The van der Waals surface area contributed by atoms with Gasteiger partial charge in [0.05, 0.1) is 12.0 Å². The van der Waals surface area contributed by atoms with E-state index in [0.717, 1.165) is 17.0 Å². The van der Waals surface area contributed by atoms with Crippen molar-refractivity contribution in [1.29, 1.82) is 0 Å². The SMILES string of the molecule is COc1ccc(/C=C2\SC(=S)N(CCC(=O)Nc3ccccc3)C2=O)cc1. The van der Waals surface area contributed by atoms with Crippen LogP contribution in [0.25, 0.3) is 6.08 Å². The Labute approximate surface area is 167 Å². The second-order valence-corrected chi connectivity index (χ2v) is 7.45. The highest BCUT2D eigenvalue weighted by atomic mass is 32.2. The van der Waals surface area contributed by atoms with E-state index in [4.69, 9.17) is 17.0 Å². The third kappa shape index (κ3) is 4.96. The maximum Gasteiger partial charge on any atom is 0.266 e. The van der Waals surface area contributed by atoms with Gasteiger partial charge in [-0.25, -0.2) is 0 Å². The molecule has 0 saturated carbocycles. The summed E-state index contributed by atoms with van der Waals surface area (Å²) in [5, 5.41) is 2.80. The van der Waals surface area contributed by atoms with Crippen LogP contribution in [0.15, 0.2) is 59.5 Å². The number of para-hydroxylation sites is 1. The lowest BCUT2D eigenvalue weighted by atomic mass is 10.2. The number of hydrogen-bond acceptors (Lipinski definition) is 5. The quantitative estimate of drug-likeness (QED) is 0.590. The highest BCUT2D eigenvalue weighted by Crippen LogP contribution is 2.32. The molecule has 1 N–H and O–H groups in total. The van der Waals surface area contributed by atoms with Crippen LogP contribution in [0.3, 0.4) is 0 Å². The van der Waals surface area contributed by atoms with Crippen LogP contribution in [0.2, 0.25) is 0 Å². The summed E-state index contributed by atoms with van der Waals surface area (Å²) in [5.74, 6) is 0.423. The summed E-state index contributed by atoms with van der Waals surface area (Å²) < 4.78 is 5.60. The van der Waals surface area contributed by atoms with Gasteiger partial charge >= 0.3 is 0 Å². The summed E-state index contributed by atoms with van der Waals surface area (Å²) in [6.07, 6.45) is 1.97. The fourth-order valence-corrected chi connectivity index (χ4v) is 3.81. The van der Waals surface area contributed by atoms with Crippen molar-refractivity contribution in [2.75, 3.05) is 19.0 Å². The zero-order chi connectivity index (χ0) is 19.2. The molecule has 0 radical (unpaired) electrons. The molecule has 3 rings (SSSR count). The van der Waals surface area contributed by atoms with E-state index in [9.17, 15) is 9.59 Å². The molecule has 1 aliphatic rings. The van der Waals surface area contributed by atoms with Gasteiger partial charge in [-0.05, 0) is 35.9 Å². The number of carbonyl (C=O) groups excluding carboxylic acids is 2. The number of benzene rings is 2. The Morgan fingerprint density at radius 1 is 1.19 bits per heavy atom. The first-order valence-electron chi connectivity index (χ1n) is 8.31. The van der Waals surface area contributed by atoms with Gasteiger partial charge in [0, 0.05) is 18.7 Å². The molecule has 1 heterocycles. The minimum absolute atomic E-state index is 0.158. The van der Waals surface area contributed by atoms with E-state index in [2.05, 4.69) is 5.32 Å². The third-order valence-corrected chi connectivity index (χ3v) is 5.28. The molecule has 1 aliphatic heterocycles. The largest absolute Gasteiger partial charge is 0.497 e. The predicted molar refractivity (Wildman–Crippen MR) is 113 cm³/mol. The van der Waals surface area contributed by atoms with E-state index in [-0.39, 0.29) is 24.8 Å². The van der Waals surface area contributed by atoms with E-state index in [0.29, 0.717) is 9.23 Å². The van der Waals surface area contributed by atoms with Gasteiger partial charge < -0.3 is 10.1 Å². The molecule has 27 heavy (non-hydrogen) atoms. The van der Waals surface area contributed by atoms with Gasteiger partial charge in [-0.3, -0.25) is 14.5 Å². The summed E-state index contributed by atoms with van der Waals surface area (Å²) in [5.41, 5.74) is 1.62. The Morgan fingerprint density at radius 3 is 2.56 bits per heavy atom. The number of thioether (sulfide) groups is 1. The van der Waals surface area contributed by atoms with E-state index in [1.165, 1.54) is 16.7 Å². The molecule has 2 aromatic carbocycles. The number of hydrogen-bond donors (Lipinski definition) is 1. The summed E-state index contributed by atoms with van der Waals surface area (Å²) >= 11 is 6.56. The molecule has 5 nitrogen and oxygen atoms in total. The molecule has 2 aromatic rings. The normalized spacial score (nSPS) is 15.3. The highest BCUT2D eigenvalue weighted by molar-refractivity contribution is 8.26. The van der Waals surface area contributed by atoms with Crippen molar-refractivity contribution < 1.29 is 14.3 Å². The highest BCUT2D eigenvalue weighted by Gasteiger charge is 2.32. The van der Waals surface area contributed by atoms with Crippen LogP contribution in [0.4, 0.5) is 5.69 Å². The topological polar surface area (TPSA) is 58.6 Å². The summed E-state index contributed by atoms with van der Waals surface area (Å²) in [7, 11) is 1.61. The van der Waals surface area contributed by atoms with E-state index in [1.807, 2.05) is 54.6 Å². The number of methoxy groups -OCH3 is 1. The van der Waals surface area contributed by atoms with Crippen LogP contribution in [0.1, 0.15) is 12.0 Å². The first-order chi connectivity index (χ1) is 13.1. The van der Waals surface area contributed by atoms with Gasteiger partial charge in [0.15, 0.2) is 0 Å². The van der Waals surface area contributed by atoms with Crippen molar-refractivity contribution in [3.05, 3.63) is 65.1 Å². The monoisotopic (exact) mass is 398 g/mol. The fourth-order valence-electron chi connectivity index (χ4n) is 2.50.